The highest BCUT2D eigenvalue weighted by Crippen LogP contribution is 2.37. The molecule has 4 heteroatoms. The number of hydrogen-bond donors (Lipinski definition) is 1. The molecule has 0 bridgehead atoms. The first kappa shape index (κ1) is 12.5. The lowest BCUT2D eigenvalue weighted by Crippen LogP contribution is -2.17. The van der Waals surface area contributed by atoms with Crippen LogP contribution in [0.15, 0.2) is 36.4 Å². The summed E-state index contributed by atoms with van der Waals surface area (Å²) in [4.78, 5) is 12.6. The molecule has 1 aliphatic heterocycles. The molecule has 20 heavy (non-hydrogen) atoms. The van der Waals surface area contributed by atoms with Crippen LogP contribution in [-0.2, 0) is 0 Å². The van der Waals surface area contributed by atoms with Gasteiger partial charge in [-0.05, 0) is 24.6 Å². The summed E-state index contributed by atoms with van der Waals surface area (Å²) < 4.78 is 11.0. The summed E-state index contributed by atoms with van der Waals surface area (Å²) in [5.41, 5.74) is 8.49. The Morgan fingerprint density at radius 1 is 1.15 bits per heavy atom. The van der Waals surface area contributed by atoms with E-state index in [-0.39, 0.29) is 5.78 Å². The third-order valence-electron chi connectivity index (χ3n) is 3.32. The van der Waals surface area contributed by atoms with Gasteiger partial charge in [-0.1, -0.05) is 24.3 Å². The number of carbonyl (C=O) groups excluding carboxylic acids is 1. The Balaban J connectivity index is 2.05. The zero-order valence-electron chi connectivity index (χ0n) is 11.2. The zero-order valence-corrected chi connectivity index (χ0v) is 11.2. The summed E-state index contributed by atoms with van der Waals surface area (Å²) in [7, 11) is 0. The van der Waals surface area contributed by atoms with Crippen molar-refractivity contribution in [3.8, 4) is 11.5 Å². The van der Waals surface area contributed by atoms with Crippen LogP contribution in [0, 0.1) is 6.92 Å². The highest BCUT2D eigenvalue weighted by molar-refractivity contribution is 6.10. The number of fused-ring (bicyclic) bond motifs is 1. The number of hydrogen-bond acceptors (Lipinski definition) is 4. The molecular weight excluding hydrogens is 254 g/mol. The number of aryl methyl sites for hydroxylation is 1. The van der Waals surface area contributed by atoms with Gasteiger partial charge in [0.25, 0.3) is 0 Å². The van der Waals surface area contributed by atoms with Gasteiger partial charge in [-0.2, -0.15) is 0 Å². The molecule has 1 heterocycles. The van der Waals surface area contributed by atoms with Gasteiger partial charge in [0.05, 0.1) is 5.69 Å². The van der Waals surface area contributed by atoms with E-state index < -0.39 is 0 Å². The normalized spacial score (nSPS) is 13.1. The van der Waals surface area contributed by atoms with Gasteiger partial charge in [0, 0.05) is 11.1 Å². The first-order chi connectivity index (χ1) is 9.66. The number of nitrogens with two attached hydrogens (primary N) is 1. The Bertz CT molecular complexity index is 679. The predicted octanol–water partition coefficient (Wildman–Crippen LogP) is 2.58. The molecule has 0 spiro atoms. The van der Waals surface area contributed by atoms with Crippen molar-refractivity contribution in [1.29, 1.82) is 0 Å². The number of carbonyl (C=O) groups is 1. The van der Waals surface area contributed by atoms with E-state index in [0.29, 0.717) is 41.5 Å². The SMILES string of the molecule is Cc1ccccc1C(=O)c1cc(N)c2c(c1)OCCO2. The van der Waals surface area contributed by atoms with E-state index in [1.807, 2.05) is 31.2 Å². The number of ether oxygens (including phenoxy) is 2. The van der Waals surface area contributed by atoms with Gasteiger partial charge in [0.15, 0.2) is 17.3 Å². The van der Waals surface area contributed by atoms with Gasteiger partial charge in [0.1, 0.15) is 13.2 Å². The average molecular weight is 269 g/mol. The van der Waals surface area contributed by atoms with Crippen molar-refractivity contribution in [2.24, 2.45) is 0 Å². The van der Waals surface area contributed by atoms with Crippen LogP contribution in [0.25, 0.3) is 0 Å². The maximum absolute atomic E-state index is 12.6. The Morgan fingerprint density at radius 2 is 1.90 bits per heavy atom. The smallest absolute Gasteiger partial charge is 0.193 e. The maximum Gasteiger partial charge on any atom is 0.193 e. The number of rotatable bonds is 2. The molecule has 0 unspecified atom stereocenters. The van der Waals surface area contributed by atoms with E-state index in [0.717, 1.165) is 5.56 Å². The lowest BCUT2D eigenvalue weighted by Gasteiger charge is -2.20. The topological polar surface area (TPSA) is 61.6 Å². The lowest BCUT2D eigenvalue weighted by molar-refractivity contribution is 0.103. The largest absolute Gasteiger partial charge is 0.486 e. The van der Waals surface area contributed by atoms with Crippen LogP contribution in [0.3, 0.4) is 0 Å². The third kappa shape index (κ3) is 2.09. The van der Waals surface area contributed by atoms with Crippen LogP contribution in [-0.4, -0.2) is 19.0 Å². The molecule has 0 radical (unpaired) electrons. The van der Waals surface area contributed by atoms with E-state index in [1.165, 1.54) is 0 Å². The molecule has 0 fully saturated rings. The fourth-order valence-electron chi connectivity index (χ4n) is 2.30. The van der Waals surface area contributed by atoms with Crippen LogP contribution >= 0.6 is 0 Å². The second-order valence-electron chi connectivity index (χ2n) is 4.73. The van der Waals surface area contributed by atoms with E-state index in [1.54, 1.807) is 12.1 Å². The van der Waals surface area contributed by atoms with E-state index >= 15 is 0 Å². The van der Waals surface area contributed by atoms with E-state index in [4.69, 9.17) is 15.2 Å². The molecule has 2 aromatic rings. The Labute approximate surface area is 117 Å². The van der Waals surface area contributed by atoms with Gasteiger partial charge < -0.3 is 15.2 Å². The molecule has 4 nitrogen and oxygen atoms in total. The standard InChI is InChI=1S/C16H15NO3/c1-10-4-2-3-5-12(10)15(18)11-8-13(17)16-14(9-11)19-6-7-20-16/h2-5,8-9H,6-7,17H2,1H3. The molecule has 0 amide bonds. The van der Waals surface area contributed by atoms with Crippen molar-refractivity contribution < 1.29 is 14.3 Å². The highest BCUT2D eigenvalue weighted by Gasteiger charge is 2.20. The first-order valence-corrected chi connectivity index (χ1v) is 6.46. The fraction of sp³-hybridized carbons (Fsp3) is 0.188. The molecule has 0 aliphatic carbocycles. The van der Waals surface area contributed by atoms with Crippen LogP contribution < -0.4 is 15.2 Å². The molecule has 0 saturated carbocycles. The van der Waals surface area contributed by atoms with Crippen LogP contribution in [0.2, 0.25) is 0 Å². The lowest BCUT2D eigenvalue weighted by atomic mass is 9.98. The van der Waals surface area contributed by atoms with Gasteiger partial charge >= 0.3 is 0 Å². The van der Waals surface area contributed by atoms with Crippen molar-refractivity contribution in [2.45, 2.75) is 6.92 Å². The fourth-order valence-corrected chi connectivity index (χ4v) is 2.30. The minimum atomic E-state index is -0.0632. The first-order valence-electron chi connectivity index (χ1n) is 6.46. The third-order valence-corrected chi connectivity index (χ3v) is 3.32. The second-order valence-corrected chi connectivity index (χ2v) is 4.73. The van der Waals surface area contributed by atoms with Gasteiger partial charge in [-0.15, -0.1) is 0 Å². The minimum absolute atomic E-state index is 0.0632. The summed E-state index contributed by atoms with van der Waals surface area (Å²) in [6.45, 7) is 2.85. The highest BCUT2D eigenvalue weighted by atomic mass is 16.6. The average Bonchev–Trinajstić information content (AvgIpc) is 2.47. The number of nitrogen functional groups attached to an aromatic ring is 1. The second kappa shape index (κ2) is 4.89. The molecule has 3 rings (SSSR count). The molecule has 0 aromatic heterocycles. The van der Waals surface area contributed by atoms with Crippen molar-refractivity contribution in [2.75, 3.05) is 18.9 Å². The van der Waals surface area contributed by atoms with E-state index in [9.17, 15) is 4.79 Å². The zero-order chi connectivity index (χ0) is 14.1. The minimum Gasteiger partial charge on any atom is -0.486 e. The predicted molar refractivity (Wildman–Crippen MR) is 76.5 cm³/mol. The Kier molecular flexibility index (Phi) is 3.06. The van der Waals surface area contributed by atoms with Crippen LogP contribution in [0.5, 0.6) is 11.5 Å². The van der Waals surface area contributed by atoms with Crippen molar-refractivity contribution in [3.63, 3.8) is 0 Å². The Hall–Kier alpha value is -2.49. The van der Waals surface area contributed by atoms with Crippen molar-refractivity contribution >= 4 is 11.5 Å². The monoisotopic (exact) mass is 269 g/mol. The van der Waals surface area contributed by atoms with Gasteiger partial charge in [0.2, 0.25) is 0 Å². The summed E-state index contributed by atoms with van der Waals surface area (Å²) in [5.74, 6) is 0.998. The van der Waals surface area contributed by atoms with Gasteiger partial charge in [-0.3, -0.25) is 4.79 Å². The molecule has 102 valence electrons. The number of benzene rings is 2. The summed E-state index contributed by atoms with van der Waals surface area (Å²) >= 11 is 0. The molecule has 2 N–H and O–H groups in total. The quantitative estimate of drug-likeness (QED) is 0.672. The number of ketones is 1. The van der Waals surface area contributed by atoms with Crippen molar-refractivity contribution in [3.05, 3.63) is 53.1 Å². The number of anilines is 1. The Morgan fingerprint density at radius 3 is 2.70 bits per heavy atom. The molecule has 2 aromatic carbocycles. The summed E-state index contributed by atoms with van der Waals surface area (Å²) in [6, 6.07) is 10.8. The molecule has 0 atom stereocenters. The van der Waals surface area contributed by atoms with Crippen molar-refractivity contribution in [1.82, 2.24) is 0 Å². The van der Waals surface area contributed by atoms with Crippen LogP contribution in [0.4, 0.5) is 5.69 Å². The van der Waals surface area contributed by atoms with E-state index in [2.05, 4.69) is 0 Å². The van der Waals surface area contributed by atoms with Crippen LogP contribution in [0.1, 0.15) is 21.5 Å². The summed E-state index contributed by atoms with van der Waals surface area (Å²) in [5, 5.41) is 0. The summed E-state index contributed by atoms with van der Waals surface area (Å²) in [6.07, 6.45) is 0. The molecular formula is C16H15NO3. The maximum atomic E-state index is 12.6. The van der Waals surface area contributed by atoms with Gasteiger partial charge in [-0.25, -0.2) is 0 Å². The molecule has 1 aliphatic rings. The molecule has 0 saturated heterocycles.